The van der Waals surface area contributed by atoms with Gasteiger partial charge in [0.05, 0.1) is 6.10 Å². The first-order valence-corrected chi connectivity index (χ1v) is 5.55. The van der Waals surface area contributed by atoms with Crippen LogP contribution in [-0.4, -0.2) is 16.2 Å². The highest BCUT2D eigenvalue weighted by atomic mass is 16.3. The van der Waals surface area contributed by atoms with Gasteiger partial charge in [0, 0.05) is 18.3 Å². The van der Waals surface area contributed by atoms with Gasteiger partial charge in [0.15, 0.2) is 0 Å². The fourth-order valence-corrected chi connectivity index (χ4v) is 1.33. The van der Waals surface area contributed by atoms with Crippen LogP contribution in [0, 0.1) is 12.3 Å². The van der Waals surface area contributed by atoms with E-state index in [-0.39, 0.29) is 11.5 Å². The lowest BCUT2D eigenvalue weighted by Crippen LogP contribution is -2.30. The molecule has 0 amide bonds. The summed E-state index contributed by atoms with van der Waals surface area (Å²) >= 11 is 0. The second-order valence-electron chi connectivity index (χ2n) is 4.89. The van der Waals surface area contributed by atoms with Gasteiger partial charge >= 0.3 is 0 Å². The average Bonchev–Trinajstić information content (AvgIpc) is 2.21. The number of hydrogen-bond donors (Lipinski definition) is 1. The van der Waals surface area contributed by atoms with Gasteiger partial charge in [-0.2, -0.15) is 0 Å². The van der Waals surface area contributed by atoms with Crippen molar-refractivity contribution in [3.63, 3.8) is 0 Å². The van der Waals surface area contributed by atoms with Crippen LogP contribution in [0.5, 0.6) is 0 Å². The Kier molecular flexibility index (Phi) is 3.86. The molecule has 0 aromatic carbocycles. The van der Waals surface area contributed by atoms with E-state index in [0.717, 1.165) is 17.7 Å². The molecule has 0 fully saturated rings. The Morgan fingerprint density at radius 3 is 2.53 bits per heavy atom. The molecule has 1 N–H and O–H groups in total. The number of aryl methyl sites for hydroxylation is 1. The van der Waals surface area contributed by atoms with Gasteiger partial charge in [0.25, 0.3) is 0 Å². The van der Waals surface area contributed by atoms with E-state index in [1.165, 1.54) is 0 Å². The standard InChI is InChI=1S/C13H21NO/c1-5-13(3,4)12(15)8-11-7-6-10(2)9-14-11/h6-7,9,12,15H,5,8H2,1-4H3. The predicted molar refractivity (Wildman–Crippen MR) is 62.8 cm³/mol. The third-order valence-electron chi connectivity index (χ3n) is 3.19. The Hall–Kier alpha value is -0.890. The van der Waals surface area contributed by atoms with Gasteiger partial charge in [-0.3, -0.25) is 4.98 Å². The molecule has 0 saturated carbocycles. The number of rotatable bonds is 4. The number of aliphatic hydroxyl groups excluding tert-OH is 1. The van der Waals surface area contributed by atoms with Crippen LogP contribution < -0.4 is 0 Å². The van der Waals surface area contributed by atoms with Gasteiger partial charge in [-0.1, -0.05) is 26.8 Å². The van der Waals surface area contributed by atoms with Crippen molar-refractivity contribution in [2.75, 3.05) is 0 Å². The Morgan fingerprint density at radius 1 is 1.40 bits per heavy atom. The summed E-state index contributed by atoms with van der Waals surface area (Å²) < 4.78 is 0. The lowest BCUT2D eigenvalue weighted by Gasteiger charge is -2.29. The van der Waals surface area contributed by atoms with Gasteiger partial charge in [-0.15, -0.1) is 0 Å². The van der Waals surface area contributed by atoms with Crippen molar-refractivity contribution in [2.45, 2.75) is 46.6 Å². The molecule has 0 radical (unpaired) electrons. The van der Waals surface area contributed by atoms with Crippen molar-refractivity contribution in [2.24, 2.45) is 5.41 Å². The molecule has 2 heteroatoms. The van der Waals surface area contributed by atoms with E-state index in [9.17, 15) is 5.11 Å². The number of nitrogens with zero attached hydrogens (tertiary/aromatic N) is 1. The molecule has 15 heavy (non-hydrogen) atoms. The summed E-state index contributed by atoms with van der Waals surface area (Å²) in [4.78, 5) is 4.31. The van der Waals surface area contributed by atoms with Crippen LogP contribution in [-0.2, 0) is 6.42 Å². The first kappa shape index (κ1) is 12.2. The molecular formula is C13H21NO. The molecule has 1 atom stereocenters. The first-order valence-electron chi connectivity index (χ1n) is 5.55. The summed E-state index contributed by atoms with van der Waals surface area (Å²) in [5.74, 6) is 0. The summed E-state index contributed by atoms with van der Waals surface area (Å²) in [6.45, 7) is 8.30. The van der Waals surface area contributed by atoms with Gasteiger partial charge in [0.1, 0.15) is 0 Å². The van der Waals surface area contributed by atoms with E-state index in [4.69, 9.17) is 0 Å². The molecule has 1 unspecified atom stereocenters. The van der Waals surface area contributed by atoms with Crippen molar-refractivity contribution < 1.29 is 5.11 Å². The largest absolute Gasteiger partial charge is 0.392 e. The lowest BCUT2D eigenvalue weighted by molar-refractivity contribution is 0.0472. The molecular weight excluding hydrogens is 186 g/mol. The molecule has 0 bridgehead atoms. The molecule has 2 nitrogen and oxygen atoms in total. The average molecular weight is 207 g/mol. The minimum Gasteiger partial charge on any atom is -0.392 e. The van der Waals surface area contributed by atoms with Crippen molar-refractivity contribution in [1.29, 1.82) is 0 Å². The van der Waals surface area contributed by atoms with Gasteiger partial charge in [-0.25, -0.2) is 0 Å². The molecule has 1 aromatic heterocycles. The minimum atomic E-state index is -0.322. The van der Waals surface area contributed by atoms with E-state index >= 15 is 0 Å². The molecule has 0 aliphatic rings. The van der Waals surface area contributed by atoms with Crippen LogP contribution in [0.4, 0.5) is 0 Å². The number of pyridine rings is 1. The third kappa shape index (κ3) is 3.31. The summed E-state index contributed by atoms with van der Waals surface area (Å²) in [5.41, 5.74) is 2.09. The van der Waals surface area contributed by atoms with Crippen molar-refractivity contribution >= 4 is 0 Å². The molecule has 1 heterocycles. The van der Waals surface area contributed by atoms with Gasteiger partial charge in [-0.05, 0) is 30.4 Å². The van der Waals surface area contributed by atoms with Crippen molar-refractivity contribution in [3.05, 3.63) is 29.6 Å². The number of hydrogen-bond acceptors (Lipinski definition) is 2. The van der Waals surface area contributed by atoms with E-state index in [1.54, 1.807) is 0 Å². The van der Waals surface area contributed by atoms with E-state index in [1.807, 2.05) is 25.3 Å². The van der Waals surface area contributed by atoms with Crippen LogP contribution in [0.1, 0.15) is 38.4 Å². The summed E-state index contributed by atoms with van der Waals surface area (Å²) in [7, 11) is 0. The highest BCUT2D eigenvalue weighted by Crippen LogP contribution is 2.26. The number of aliphatic hydroxyl groups is 1. The van der Waals surface area contributed by atoms with Gasteiger partial charge in [0.2, 0.25) is 0 Å². The number of aromatic nitrogens is 1. The minimum absolute atomic E-state index is 0.0352. The molecule has 84 valence electrons. The Labute approximate surface area is 92.4 Å². The predicted octanol–water partition coefficient (Wildman–Crippen LogP) is 2.73. The summed E-state index contributed by atoms with van der Waals surface area (Å²) in [6, 6.07) is 4.03. The SMILES string of the molecule is CCC(C)(C)C(O)Cc1ccc(C)cn1. The molecule has 0 aliphatic heterocycles. The molecule has 0 saturated heterocycles. The lowest BCUT2D eigenvalue weighted by atomic mass is 9.82. The monoisotopic (exact) mass is 207 g/mol. The maximum atomic E-state index is 10.1. The molecule has 1 rings (SSSR count). The van der Waals surface area contributed by atoms with Crippen LogP contribution >= 0.6 is 0 Å². The van der Waals surface area contributed by atoms with Gasteiger partial charge < -0.3 is 5.11 Å². The van der Waals surface area contributed by atoms with E-state index < -0.39 is 0 Å². The van der Waals surface area contributed by atoms with Crippen LogP contribution in [0.25, 0.3) is 0 Å². The van der Waals surface area contributed by atoms with Crippen LogP contribution in [0.3, 0.4) is 0 Å². The van der Waals surface area contributed by atoms with Crippen molar-refractivity contribution in [3.8, 4) is 0 Å². The Bertz CT molecular complexity index is 303. The van der Waals surface area contributed by atoms with E-state index in [0.29, 0.717) is 6.42 Å². The maximum absolute atomic E-state index is 10.1. The Morgan fingerprint density at radius 2 is 2.07 bits per heavy atom. The zero-order chi connectivity index (χ0) is 11.5. The van der Waals surface area contributed by atoms with Crippen molar-refractivity contribution in [1.82, 2.24) is 4.98 Å². The molecule has 0 spiro atoms. The zero-order valence-electron chi connectivity index (χ0n) is 10.1. The first-order chi connectivity index (χ1) is 6.95. The summed E-state index contributed by atoms with van der Waals surface area (Å²) in [5, 5.41) is 10.1. The normalized spacial score (nSPS) is 13.9. The summed E-state index contributed by atoms with van der Waals surface area (Å²) in [6.07, 6.45) is 3.14. The second kappa shape index (κ2) is 4.75. The molecule has 0 aliphatic carbocycles. The fraction of sp³-hybridized carbons (Fsp3) is 0.615. The highest BCUT2D eigenvalue weighted by molar-refractivity contribution is 5.13. The Balaban J connectivity index is 2.66. The van der Waals surface area contributed by atoms with Crippen LogP contribution in [0.15, 0.2) is 18.3 Å². The third-order valence-corrected chi connectivity index (χ3v) is 3.19. The highest BCUT2D eigenvalue weighted by Gasteiger charge is 2.25. The topological polar surface area (TPSA) is 33.1 Å². The zero-order valence-corrected chi connectivity index (χ0v) is 10.1. The van der Waals surface area contributed by atoms with Crippen LogP contribution in [0.2, 0.25) is 0 Å². The second-order valence-corrected chi connectivity index (χ2v) is 4.89. The quantitative estimate of drug-likeness (QED) is 0.823. The smallest absolute Gasteiger partial charge is 0.0646 e. The molecule has 1 aromatic rings. The fourth-order valence-electron chi connectivity index (χ4n) is 1.33. The maximum Gasteiger partial charge on any atom is 0.0646 e. The van der Waals surface area contributed by atoms with E-state index in [2.05, 4.69) is 25.8 Å².